The minimum absolute atomic E-state index is 0.0249. The lowest BCUT2D eigenvalue weighted by molar-refractivity contribution is -0.361. The first kappa shape index (κ1) is 33.7. The minimum atomic E-state index is -3.53. The average Bonchev–Trinajstić information content (AvgIpc) is 3.04. The van der Waals surface area contributed by atoms with E-state index in [4.69, 9.17) is 16.2 Å². The van der Waals surface area contributed by atoms with Crippen LogP contribution in [-0.4, -0.2) is 46.1 Å². The number of carbonyl (C=O) groups excluding carboxylic acids is 2. The first-order valence-corrected chi connectivity index (χ1v) is 16.2. The Bertz CT molecular complexity index is 1830. The largest absolute Gasteiger partial charge is 0.495 e. The second kappa shape index (κ2) is 14.8. The third-order valence-electron chi connectivity index (χ3n) is 7.17. The highest BCUT2D eigenvalue weighted by molar-refractivity contribution is 7.90. The number of aromatic nitrogens is 1. The second-order valence-electron chi connectivity index (χ2n) is 10.5. The SMILES string of the molecule is COc1cc(S(C)(=O)=O)ccc1N(C(=O)CCCN)C(N)=Nc1ccc(-c2ccc(NC(=O)[C@H](C)c3ccc(F)cc3)cc2)c[nH+]1. The van der Waals surface area contributed by atoms with Gasteiger partial charge in [0.05, 0.1) is 29.8 Å². The maximum Gasteiger partial charge on any atom is 0.325 e. The van der Waals surface area contributed by atoms with Crippen molar-refractivity contribution in [1.82, 2.24) is 0 Å². The fourth-order valence-electron chi connectivity index (χ4n) is 4.56. The van der Waals surface area contributed by atoms with Gasteiger partial charge in [0, 0.05) is 36.1 Å². The van der Waals surface area contributed by atoms with Crippen LogP contribution >= 0.6 is 0 Å². The van der Waals surface area contributed by atoms with Gasteiger partial charge in [-0.3, -0.25) is 9.59 Å². The number of benzene rings is 3. The number of sulfone groups is 1. The third kappa shape index (κ3) is 8.31. The fraction of sp³-hybridized carbons (Fsp3) is 0.212. The molecule has 2 amide bonds. The van der Waals surface area contributed by atoms with Gasteiger partial charge in [0.2, 0.25) is 11.8 Å². The first-order valence-electron chi connectivity index (χ1n) is 14.3. The van der Waals surface area contributed by atoms with Gasteiger partial charge in [0.15, 0.2) is 9.84 Å². The first-order chi connectivity index (χ1) is 21.9. The summed E-state index contributed by atoms with van der Waals surface area (Å²) < 4.78 is 42.8. The van der Waals surface area contributed by atoms with Gasteiger partial charge < -0.3 is 21.5 Å². The number of nitrogens with zero attached hydrogens (tertiary/aromatic N) is 2. The number of halogens is 1. The molecule has 3 aromatic carbocycles. The van der Waals surface area contributed by atoms with E-state index in [1.807, 2.05) is 18.2 Å². The van der Waals surface area contributed by atoms with Crippen molar-refractivity contribution in [2.75, 3.05) is 30.1 Å². The number of aromatic amines is 1. The van der Waals surface area contributed by atoms with Crippen LogP contribution in [0.1, 0.15) is 31.2 Å². The number of amides is 2. The van der Waals surface area contributed by atoms with Crippen molar-refractivity contribution in [2.45, 2.75) is 30.6 Å². The van der Waals surface area contributed by atoms with Crippen LogP contribution in [-0.2, 0) is 19.4 Å². The maximum absolute atomic E-state index is 13.2. The highest BCUT2D eigenvalue weighted by Crippen LogP contribution is 2.32. The smallest absolute Gasteiger partial charge is 0.325 e. The van der Waals surface area contributed by atoms with E-state index in [0.29, 0.717) is 30.0 Å². The highest BCUT2D eigenvalue weighted by Gasteiger charge is 2.27. The van der Waals surface area contributed by atoms with Gasteiger partial charge in [-0.2, -0.15) is 0 Å². The van der Waals surface area contributed by atoms with Crippen molar-refractivity contribution in [1.29, 1.82) is 0 Å². The van der Waals surface area contributed by atoms with E-state index in [2.05, 4.69) is 15.3 Å². The van der Waals surface area contributed by atoms with E-state index in [1.165, 1.54) is 42.3 Å². The molecule has 46 heavy (non-hydrogen) atoms. The molecule has 13 heteroatoms. The zero-order valence-corrected chi connectivity index (χ0v) is 26.5. The molecule has 0 fully saturated rings. The molecule has 11 nitrogen and oxygen atoms in total. The summed E-state index contributed by atoms with van der Waals surface area (Å²) in [6.45, 7) is 2.04. The molecule has 240 valence electrons. The lowest BCUT2D eigenvalue weighted by atomic mass is 10.00. The van der Waals surface area contributed by atoms with Crippen LogP contribution in [0.2, 0.25) is 0 Å². The molecule has 6 N–H and O–H groups in total. The van der Waals surface area contributed by atoms with Gasteiger partial charge in [0.1, 0.15) is 11.6 Å². The molecule has 0 radical (unpaired) electrons. The molecule has 0 aliphatic heterocycles. The summed E-state index contributed by atoms with van der Waals surface area (Å²) in [6, 6.07) is 20.7. The van der Waals surface area contributed by atoms with Gasteiger partial charge >= 0.3 is 11.8 Å². The lowest BCUT2D eigenvalue weighted by Crippen LogP contribution is -2.42. The van der Waals surface area contributed by atoms with Crippen LogP contribution < -0.4 is 31.4 Å². The van der Waals surface area contributed by atoms with Crippen molar-refractivity contribution < 1.29 is 32.1 Å². The van der Waals surface area contributed by atoms with Crippen LogP contribution in [0.3, 0.4) is 0 Å². The van der Waals surface area contributed by atoms with E-state index in [1.54, 1.807) is 43.5 Å². The van der Waals surface area contributed by atoms with E-state index >= 15 is 0 Å². The van der Waals surface area contributed by atoms with Crippen LogP contribution in [0.4, 0.5) is 21.6 Å². The standard InChI is InChI=1S/C33H35FN6O5S/c1-21(22-6-11-25(34)12-7-22)32(42)38-26-13-8-23(9-14-26)24-10-17-30(37-20-24)39-33(36)40(31(41)5-4-18-35)28-16-15-27(46(3,43)44)19-29(28)45-2/h6-17,19-21H,4-5,18,35H2,1-3H3,(H,38,42)(H2,36,37,39)/p+1/t21-/m1/s1. The Morgan fingerprint density at radius 3 is 2.28 bits per heavy atom. The molecule has 4 aromatic rings. The molecule has 0 spiro atoms. The highest BCUT2D eigenvalue weighted by atomic mass is 32.2. The number of aliphatic imine (C=N–C) groups is 1. The van der Waals surface area contributed by atoms with Crippen LogP contribution in [0.25, 0.3) is 11.1 Å². The van der Waals surface area contributed by atoms with Gasteiger partial charge in [-0.05, 0) is 78.5 Å². The maximum atomic E-state index is 13.2. The van der Waals surface area contributed by atoms with Crippen molar-refractivity contribution >= 4 is 44.8 Å². The van der Waals surface area contributed by atoms with E-state index < -0.39 is 21.7 Å². The number of anilines is 2. The summed E-state index contributed by atoms with van der Waals surface area (Å²) in [4.78, 5) is 34.6. The molecule has 1 aromatic heterocycles. The van der Waals surface area contributed by atoms with Crippen molar-refractivity contribution in [3.05, 3.63) is 96.4 Å². The number of hydrogen-bond donors (Lipinski definition) is 3. The molecule has 0 aliphatic rings. The van der Waals surface area contributed by atoms with Crippen LogP contribution in [0, 0.1) is 5.82 Å². The summed E-state index contributed by atoms with van der Waals surface area (Å²) in [6.07, 6.45) is 3.28. The molecule has 0 unspecified atom stereocenters. The van der Waals surface area contributed by atoms with Crippen LogP contribution in [0.15, 0.2) is 94.9 Å². The number of carbonyl (C=O) groups is 2. The summed E-state index contributed by atoms with van der Waals surface area (Å²) in [5.74, 6) is -1.11. The summed E-state index contributed by atoms with van der Waals surface area (Å²) in [7, 11) is -2.16. The number of rotatable bonds is 11. The number of guanidine groups is 1. The molecular weight excluding hydrogens is 611 g/mol. The van der Waals surface area contributed by atoms with E-state index in [-0.39, 0.29) is 40.4 Å². The lowest BCUT2D eigenvalue weighted by Gasteiger charge is -2.21. The number of ether oxygens (including phenoxy) is 1. The monoisotopic (exact) mass is 647 g/mol. The van der Waals surface area contributed by atoms with E-state index in [0.717, 1.165) is 17.4 Å². The Hall–Kier alpha value is -5.14. The normalized spacial score (nSPS) is 12.3. The number of H-pyrrole nitrogens is 1. The zero-order valence-electron chi connectivity index (χ0n) is 25.7. The van der Waals surface area contributed by atoms with Gasteiger partial charge in [-0.1, -0.05) is 24.3 Å². The molecule has 0 aliphatic carbocycles. The Morgan fingerprint density at radius 2 is 1.70 bits per heavy atom. The molecule has 1 atom stereocenters. The second-order valence-corrected chi connectivity index (χ2v) is 12.5. The summed E-state index contributed by atoms with van der Waals surface area (Å²) in [5, 5.41) is 2.88. The average molecular weight is 648 g/mol. The van der Waals surface area contributed by atoms with Crippen molar-refractivity contribution in [3.8, 4) is 16.9 Å². The molecule has 0 saturated heterocycles. The predicted molar refractivity (Wildman–Crippen MR) is 175 cm³/mol. The number of hydrogen-bond acceptors (Lipinski definition) is 7. The molecule has 0 bridgehead atoms. The van der Waals surface area contributed by atoms with E-state index in [9.17, 15) is 22.4 Å². The summed E-state index contributed by atoms with van der Waals surface area (Å²) >= 11 is 0. The Balaban J connectivity index is 1.53. The van der Waals surface area contributed by atoms with Crippen molar-refractivity contribution in [3.63, 3.8) is 0 Å². The number of nitrogens with one attached hydrogen (secondary N) is 2. The molecule has 0 saturated carbocycles. The van der Waals surface area contributed by atoms with Gasteiger partial charge in [-0.15, -0.1) is 0 Å². The predicted octanol–water partition coefficient (Wildman–Crippen LogP) is 4.18. The number of methoxy groups -OCH3 is 1. The molecular formula is C33H36FN6O5S+. The Labute approximate surface area is 267 Å². The minimum Gasteiger partial charge on any atom is -0.495 e. The molecule has 4 rings (SSSR count). The quantitative estimate of drug-likeness (QED) is 0.162. The summed E-state index contributed by atoms with van der Waals surface area (Å²) in [5.41, 5.74) is 15.2. The molecule has 1 heterocycles. The third-order valence-corrected chi connectivity index (χ3v) is 8.28. The van der Waals surface area contributed by atoms with Crippen molar-refractivity contribution in [2.24, 2.45) is 16.5 Å². The van der Waals surface area contributed by atoms with Crippen LogP contribution in [0.5, 0.6) is 5.75 Å². The zero-order chi connectivity index (χ0) is 33.4. The Kier molecular flexibility index (Phi) is 10.8. The topological polar surface area (TPSA) is 171 Å². The van der Waals surface area contributed by atoms with Gasteiger partial charge in [0.25, 0.3) is 0 Å². The fourth-order valence-corrected chi connectivity index (χ4v) is 5.20. The number of nitrogens with two attached hydrogens (primary N) is 2. The Morgan fingerprint density at radius 1 is 1.02 bits per heavy atom. The number of pyridine rings is 1. The van der Waals surface area contributed by atoms with Gasteiger partial charge in [-0.25, -0.2) is 22.7 Å².